The molecule has 1 saturated heterocycles. The minimum absolute atomic E-state index is 0.0263. The van der Waals surface area contributed by atoms with Crippen molar-refractivity contribution in [1.82, 2.24) is 10.3 Å². The fourth-order valence-electron chi connectivity index (χ4n) is 2.06. The predicted molar refractivity (Wildman–Crippen MR) is 69.9 cm³/mol. The molecule has 1 aliphatic rings. The Morgan fingerprint density at radius 1 is 1.44 bits per heavy atom. The number of sulfonamides is 1. The number of aromatic nitrogens is 1. The van der Waals surface area contributed by atoms with Crippen LogP contribution in [0.3, 0.4) is 0 Å². The lowest BCUT2D eigenvalue weighted by Crippen LogP contribution is -2.57. The first-order valence-corrected chi connectivity index (χ1v) is 7.31. The van der Waals surface area contributed by atoms with Crippen molar-refractivity contribution in [2.75, 3.05) is 24.5 Å². The number of pyridine rings is 1. The van der Waals surface area contributed by atoms with Gasteiger partial charge in [-0.1, -0.05) is 0 Å². The Kier molecular flexibility index (Phi) is 3.31. The van der Waals surface area contributed by atoms with Gasteiger partial charge in [0.05, 0.1) is 0 Å². The molecule has 0 radical (unpaired) electrons. The first-order chi connectivity index (χ1) is 8.28. The maximum Gasteiger partial charge on any atom is 0.239 e. The predicted octanol–water partition coefficient (Wildman–Crippen LogP) is -0.0828. The molecule has 6 nitrogen and oxygen atoms in total. The number of nitrogens with zero attached hydrogens (tertiary/aromatic N) is 2. The van der Waals surface area contributed by atoms with E-state index >= 15 is 0 Å². The van der Waals surface area contributed by atoms with Gasteiger partial charge in [-0.05, 0) is 26.0 Å². The van der Waals surface area contributed by atoms with Crippen molar-refractivity contribution in [2.45, 2.75) is 24.3 Å². The lowest BCUT2D eigenvalue weighted by molar-refractivity contribution is 0.351. The highest BCUT2D eigenvalue weighted by atomic mass is 32.2. The van der Waals surface area contributed by atoms with Gasteiger partial charge >= 0.3 is 0 Å². The largest absolute Gasteiger partial charge is 0.354 e. The van der Waals surface area contributed by atoms with E-state index in [1.807, 2.05) is 0 Å². The van der Waals surface area contributed by atoms with E-state index < -0.39 is 10.0 Å². The Morgan fingerprint density at radius 3 is 2.67 bits per heavy atom. The summed E-state index contributed by atoms with van der Waals surface area (Å²) in [5.74, 6) is 0.775. The summed E-state index contributed by atoms with van der Waals surface area (Å²) in [4.78, 5) is 6.34. The van der Waals surface area contributed by atoms with Gasteiger partial charge in [-0.25, -0.2) is 18.5 Å². The molecule has 0 aliphatic carbocycles. The zero-order chi connectivity index (χ0) is 13.4. The zero-order valence-electron chi connectivity index (χ0n) is 10.5. The van der Waals surface area contributed by atoms with Crippen molar-refractivity contribution in [2.24, 2.45) is 5.14 Å². The van der Waals surface area contributed by atoms with Crippen LogP contribution in [0.15, 0.2) is 23.2 Å². The van der Waals surface area contributed by atoms with Crippen LogP contribution >= 0.6 is 0 Å². The lowest BCUT2D eigenvalue weighted by atomic mass is 10.0. The lowest BCUT2D eigenvalue weighted by Gasteiger charge is -2.39. The molecular weight excluding hydrogens is 252 g/mol. The summed E-state index contributed by atoms with van der Waals surface area (Å²) in [6, 6.07) is 3.19. The summed E-state index contributed by atoms with van der Waals surface area (Å²) >= 11 is 0. The first-order valence-electron chi connectivity index (χ1n) is 5.77. The standard InChI is InChI=1S/C11H18N4O2S/c1-11(2)8-15(6-5-14-11)10-4-3-9(7-13-10)18(12,16)17/h3-4,7,14H,5-6,8H2,1-2H3,(H2,12,16,17). The van der Waals surface area contributed by atoms with Gasteiger partial charge in [-0.3, -0.25) is 0 Å². The van der Waals surface area contributed by atoms with Crippen molar-refractivity contribution < 1.29 is 8.42 Å². The quantitative estimate of drug-likeness (QED) is 0.784. The minimum atomic E-state index is -3.67. The summed E-state index contributed by atoms with van der Waals surface area (Å²) in [6.45, 7) is 6.81. The molecule has 1 fully saturated rings. The van der Waals surface area contributed by atoms with Gasteiger partial charge in [0.2, 0.25) is 10.0 Å². The summed E-state index contributed by atoms with van der Waals surface area (Å²) in [5.41, 5.74) is 0.0263. The second kappa shape index (κ2) is 4.49. The van der Waals surface area contributed by atoms with Crippen LogP contribution in [-0.4, -0.2) is 38.6 Å². The second-order valence-corrected chi connectivity index (χ2v) is 6.69. The Morgan fingerprint density at radius 2 is 2.17 bits per heavy atom. The fraction of sp³-hybridized carbons (Fsp3) is 0.545. The average Bonchev–Trinajstić information content (AvgIpc) is 2.27. The molecule has 0 unspecified atom stereocenters. The van der Waals surface area contributed by atoms with Gasteiger partial charge in [-0.2, -0.15) is 0 Å². The Bertz CT molecular complexity index is 524. The normalized spacial score (nSPS) is 19.8. The Hall–Kier alpha value is -1.18. The zero-order valence-corrected chi connectivity index (χ0v) is 11.4. The molecule has 1 aromatic heterocycles. The number of hydrogen-bond acceptors (Lipinski definition) is 5. The molecule has 0 saturated carbocycles. The van der Waals surface area contributed by atoms with Gasteiger partial charge in [-0.15, -0.1) is 0 Å². The number of nitrogens with two attached hydrogens (primary N) is 1. The molecule has 0 bridgehead atoms. The molecule has 0 spiro atoms. The molecule has 1 aliphatic heterocycles. The number of nitrogens with one attached hydrogen (secondary N) is 1. The molecule has 18 heavy (non-hydrogen) atoms. The summed E-state index contributed by atoms with van der Waals surface area (Å²) < 4.78 is 22.3. The van der Waals surface area contributed by atoms with E-state index in [2.05, 4.69) is 29.0 Å². The molecular formula is C11H18N4O2S. The van der Waals surface area contributed by atoms with E-state index in [-0.39, 0.29) is 10.4 Å². The van der Waals surface area contributed by atoms with Crippen LogP contribution in [-0.2, 0) is 10.0 Å². The molecule has 0 atom stereocenters. The van der Waals surface area contributed by atoms with Crippen LogP contribution in [0.2, 0.25) is 0 Å². The number of anilines is 1. The van der Waals surface area contributed by atoms with E-state index in [1.165, 1.54) is 12.3 Å². The molecule has 100 valence electrons. The van der Waals surface area contributed by atoms with Gasteiger partial charge < -0.3 is 10.2 Å². The molecule has 3 N–H and O–H groups in total. The van der Waals surface area contributed by atoms with Crippen LogP contribution in [0.4, 0.5) is 5.82 Å². The molecule has 2 heterocycles. The summed E-state index contributed by atoms with van der Waals surface area (Å²) in [5, 5.41) is 8.45. The number of rotatable bonds is 2. The topological polar surface area (TPSA) is 88.3 Å². The highest BCUT2D eigenvalue weighted by Crippen LogP contribution is 2.18. The molecule has 7 heteroatoms. The monoisotopic (exact) mass is 270 g/mol. The minimum Gasteiger partial charge on any atom is -0.354 e. The van der Waals surface area contributed by atoms with Crippen LogP contribution in [0.25, 0.3) is 0 Å². The Labute approximate surface area is 107 Å². The third-order valence-electron chi connectivity index (χ3n) is 2.94. The van der Waals surface area contributed by atoms with Crippen molar-refractivity contribution in [3.8, 4) is 0 Å². The number of hydrogen-bond donors (Lipinski definition) is 2. The number of piperazine rings is 1. The van der Waals surface area contributed by atoms with Crippen molar-refractivity contribution >= 4 is 15.8 Å². The molecule has 0 amide bonds. The third-order valence-corrected chi connectivity index (χ3v) is 3.84. The average molecular weight is 270 g/mol. The SMILES string of the molecule is CC1(C)CN(c2ccc(S(N)(=O)=O)cn2)CCN1. The van der Waals surface area contributed by atoms with Crippen LogP contribution < -0.4 is 15.4 Å². The van der Waals surface area contributed by atoms with E-state index in [0.29, 0.717) is 0 Å². The van der Waals surface area contributed by atoms with E-state index in [1.54, 1.807) is 6.07 Å². The summed E-state index contributed by atoms with van der Waals surface area (Å²) in [6.07, 6.45) is 1.31. The first kappa shape index (κ1) is 13.3. The maximum absolute atomic E-state index is 11.1. The van der Waals surface area contributed by atoms with Gasteiger partial charge in [0.25, 0.3) is 0 Å². The van der Waals surface area contributed by atoms with E-state index in [4.69, 9.17) is 5.14 Å². The van der Waals surface area contributed by atoms with Crippen LogP contribution in [0.5, 0.6) is 0 Å². The number of primary sulfonamides is 1. The van der Waals surface area contributed by atoms with Gasteiger partial charge in [0.15, 0.2) is 0 Å². The molecule has 2 rings (SSSR count). The van der Waals surface area contributed by atoms with E-state index in [9.17, 15) is 8.42 Å². The second-order valence-electron chi connectivity index (χ2n) is 5.13. The van der Waals surface area contributed by atoms with Crippen LogP contribution in [0.1, 0.15) is 13.8 Å². The molecule has 0 aromatic carbocycles. The van der Waals surface area contributed by atoms with Gasteiger partial charge in [0, 0.05) is 31.4 Å². The van der Waals surface area contributed by atoms with E-state index in [0.717, 1.165) is 25.5 Å². The summed E-state index contributed by atoms with van der Waals surface area (Å²) in [7, 11) is -3.67. The smallest absolute Gasteiger partial charge is 0.239 e. The molecule has 1 aromatic rings. The van der Waals surface area contributed by atoms with Crippen LogP contribution in [0, 0.1) is 0 Å². The van der Waals surface area contributed by atoms with Crippen molar-refractivity contribution in [1.29, 1.82) is 0 Å². The maximum atomic E-state index is 11.1. The van der Waals surface area contributed by atoms with Crippen molar-refractivity contribution in [3.63, 3.8) is 0 Å². The highest BCUT2D eigenvalue weighted by Gasteiger charge is 2.26. The van der Waals surface area contributed by atoms with Crippen molar-refractivity contribution in [3.05, 3.63) is 18.3 Å². The Balaban J connectivity index is 2.20. The highest BCUT2D eigenvalue weighted by molar-refractivity contribution is 7.89. The fourth-order valence-corrected chi connectivity index (χ4v) is 2.52. The third kappa shape index (κ3) is 2.98. The van der Waals surface area contributed by atoms with Gasteiger partial charge in [0.1, 0.15) is 10.7 Å².